The van der Waals surface area contributed by atoms with Crippen molar-refractivity contribution in [1.82, 2.24) is 15.5 Å². The van der Waals surface area contributed by atoms with Crippen molar-refractivity contribution in [3.05, 3.63) is 69.0 Å². The van der Waals surface area contributed by atoms with Gasteiger partial charge < -0.3 is 10.2 Å². The molecule has 0 aliphatic carbocycles. The first-order valence-corrected chi connectivity index (χ1v) is 10.1. The average Bonchev–Trinajstić information content (AvgIpc) is 3.04. The maximum Gasteiger partial charge on any atom is 0.255 e. The highest BCUT2D eigenvalue weighted by Gasteiger charge is 2.40. The van der Waals surface area contributed by atoms with E-state index in [4.69, 9.17) is 11.6 Å². The lowest BCUT2D eigenvalue weighted by atomic mass is 10.0. The second-order valence-electron chi connectivity index (χ2n) is 7.63. The third kappa shape index (κ3) is 3.90. The molecule has 4 amide bonds. The van der Waals surface area contributed by atoms with Gasteiger partial charge in [-0.1, -0.05) is 23.7 Å². The Bertz CT molecular complexity index is 1130. The highest BCUT2D eigenvalue weighted by molar-refractivity contribution is 6.33. The predicted molar refractivity (Wildman–Crippen MR) is 110 cm³/mol. The summed E-state index contributed by atoms with van der Waals surface area (Å²) in [6.45, 7) is 1.91. The standard InChI is InChI=1S/C22H19ClFN3O4/c1-11-2-4-14(16(24)8-11)20(29)25-9-12-3-5-13-15(19(12)23)10-27(22(13)31)17-6-7-18(28)26-21(17)30/h2-5,8,17H,6-7,9-10H2,1H3,(H,25,29)(H,26,28,30). The molecule has 4 rings (SSSR count). The number of carbonyl (C=O) groups excluding carboxylic acids is 4. The fourth-order valence-corrected chi connectivity index (χ4v) is 4.16. The van der Waals surface area contributed by atoms with Gasteiger partial charge in [-0.15, -0.1) is 0 Å². The Balaban J connectivity index is 1.50. The highest BCUT2D eigenvalue weighted by Crippen LogP contribution is 2.34. The molecule has 1 atom stereocenters. The summed E-state index contributed by atoms with van der Waals surface area (Å²) in [5, 5.41) is 5.21. The van der Waals surface area contributed by atoms with E-state index in [0.29, 0.717) is 27.3 Å². The molecule has 160 valence electrons. The Morgan fingerprint density at radius 3 is 2.74 bits per heavy atom. The van der Waals surface area contributed by atoms with Gasteiger partial charge in [-0.3, -0.25) is 24.5 Å². The van der Waals surface area contributed by atoms with Gasteiger partial charge in [0.05, 0.1) is 10.6 Å². The summed E-state index contributed by atoms with van der Waals surface area (Å²) >= 11 is 6.51. The minimum atomic E-state index is -0.735. The van der Waals surface area contributed by atoms with E-state index in [1.165, 1.54) is 17.0 Å². The zero-order valence-electron chi connectivity index (χ0n) is 16.6. The van der Waals surface area contributed by atoms with E-state index in [1.807, 2.05) is 0 Å². The number of nitrogens with one attached hydrogen (secondary N) is 2. The Labute approximate surface area is 182 Å². The molecule has 31 heavy (non-hydrogen) atoms. The third-order valence-corrected chi connectivity index (χ3v) is 6.01. The fraction of sp³-hybridized carbons (Fsp3) is 0.273. The van der Waals surface area contributed by atoms with E-state index in [1.54, 1.807) is 25.1 Å². The number of fused-ring (bicyclic) bond motifs is 1. The zero-order valence-corrected chi connectivity index (χ0v) is 17.4. The molecule has 9 heteroatoms. The van der Waals surface area contributed by atoms with Crippen molar-refractivity contribution < 1.29 is 23.6 Å². The predicted octanol–water partition coefficient (Wildman–Crippen LogP) is 2.48. The van der Waals surface area contributed by atoms with E-state index < -0.39 is 23.7 Å². The van der Waals surface area contributed by atoms with Crippen LogP contribution in [0.15, 0.2) is 30.3 Å². The number of imide groups is 1. The van der Waals surface area contributed by atoms with Crippen LogP contribution in [0, 0.1) is 12.7 Å². The number of nitrogens with zero attached hydrogens (tertiary/aromatic N) is 1. The van der Waals surface area contributed by atoms with Crippen molar-refractivity contribution >= 4 is 35.2 Å². The van der Waals surface area contributed by atoms with Crippen molar-refractivity contribution in [2.75, 3.05) is 0 Å². The van der Waals surface area contributed by atoms with Crippen LogP contribution in [0.5, 0.6) is 0 Å². The second-order valence-corrected chi connectivity index (χ2v) is 8.01. The molecule has 2 N–H and O–H groups in total. The number of rotatable bonds is 4. The quantitative estimate of drug-likeness (QED) is 0.710. The molecule has 1 saturated heterocycles. The van der Waals surface area contributed by atoms with Gasteiger partial charge >= 0.3 is 0 Å². The Hall–Kier alpha value is -3.26. The minimum Gasteiger partial charge on any atom is -0.348 e. The topological polar surface area (TPSA) is 95.6 Å². The monoisotopic (exact) mass is 443 g/mol. The van der Waals surface area contributed by atoms with Gasteiger partial charge in [0, 0.05) is 30.6 Å². The van der Waals surface area contributed by atoms with Crippen molar-refractivity contribution in [1.29, 1.82) is 0 Å². The maximum absolute atomic E-state index is 14.0. The minimum absolute atomic E-state index is 0.0465. The summed E-state index contributed by atoms with van der Waals surface area (Å²) in [5.74, 6) is -2.37. The molecule has 7 nitrogen and oxygen atoms in total. The van der Waals surface area contributed by atoms with Gasteiger partial charge in [-0.2, -0.15) is 0 Å². The molecule has 0 bridgehead atoms. The molecule has 1 unspecified atom stereocenters. The number of piperidine rings is 1. The largest absolute Gasteiger partial charge is 0.348 e. The summed E-state index contributed by atoms with van der Waals surface area (Å²) in [6, 6.07) is 6.84. The van der Waals surface area contributed by atoms with Gasteiger partial charge in [0.25, 0.3) is 11.8 Å². The van der Waals surface area contributed by atoms with Crippen LogP contribution in [0.2, 0.25) is 5.02 Å². The molecular weight excluding hydrogens is 425 g/mol. The SMILES string of the molecule is Cc1ccc(C(=O)NCc2ccc3c(c2Cl)CN(C2CCC(=O)NC2=O)C3=O)c(F)c1. The van der Waals surface area contributed by atoms with Crippen molar-refractivity contribution in [3.8, 4) is 0 Å². The molecule has 0 spiro atoms. The smallest absolute Gasteiger partial charge is 0.255 e. The molecule has 2 aliphatic rings. The van der Waals surface area contributed by atoms with E-state index in [2.05, 4.69) is 10.6 Å². The molecule has 2 heterocycles. The number of amides is 4. The number of halogens is 2. The van der Waals surface area contributed by atoms with Crippen LogP contribution in [-0.2, 0) is 22.7 Å². The summed E-state index contributed by atoms with van der Waals surface area (Å²) in [7, 11) is 0. The van der Waals surface area contributed by atoms with Gasteiger partial charge in [0.2, 0.25) is 11.8 Å². The van der Waals surface area contributed by atoms with Crippen molar-refractivity contribution in [3.63, 3.8) is 0 Å². The summed E-state index contributed by atoms with van der Waals surface area (Å²) in [5.41, 5.74) is 2.15. The van der Waals surface area contributed by atoms with Crippen LogP contribution in [0.25, 0.3) is 0 Å². The normalized spacial score (nSPS) is 18.1. The van der Waals surface area contributed by atoms with E-state index in [0.717, 1.165) is 0 Å². The number of carbonyl (C=O) groups is 4. The average molecular weight is 444 g/mol. The first-order valence-electron chi connectivity index (χ1n) is 9.75. The van der Waals surface area contributed by atoms with Crippen LogP contribution in [-0.4, -0.2) is 34.6 Å². The Morgan fingerprint density at radius 1 is 1.26 bits per heavy atom. The molecule has 0 radical (unpaired) electrons. The number of hydrogen-bond acceptors (Lipinski definition) is 4. The highest BCUT2D eigenvalue weighted by atomic mass is 35.5. The molecule has 0 aromatic heterocycles. The molecule has 1 fully saturated rings. The van der Waals surface area contributed by atoms with Crippen LogP contribution in [0.4, 0.5) is 4.39 Å². The van der Waals surface area contributed by atoms with Crippen molar-refractivity contribution in [2.45, 2.75) is 38.9 Å². The van der Waals surface area contributed by atoms with E-state index in [-0.39, 0.29) is 43.3 Å². The van der Waals surface area contributed by atoms with Crippen LogP contribution >= 0.6 is 11.6 Å². The lowest BCUT2D eigenvalue weighted by Gasteiger charge is -2.29. The van der Waals surface area contributed by atoms with E-state index in [9.17, 15) is 23.6 Å². The van der Waals surface area contributed by atoms with Gasteiger partial charge in [-0.25, -0.2) is 4.39 Å². The maximum atomic E-state index is 14.0. The van der Waals surface area contributed by atoms with Crippen LogP contribution < -0.4 is 10.6 Å². The third-order valence-electron chi connectivity index (χ3n) is 5.54. The van der Waals surface area contributed by atoms with Crippen LogP contribution in [0.3, 0.4) is 0 Å². The molecule has 0 saturated carbocycles. The first-order chi connectivity index (χ1) is 14.8. The lowest BCUT2D eigenvalue weighted by Crippen LogP contribution is -2.52. The molecule has 2 aromatic carbocycles. The van der Waals surface area contributed by atoms with Crippen molar-refractivity contribution in [2.24, 2.45) is 0 Å². The van der Waals surface area contributed by atoms with Gasteiger partial charge in [0.15, 0.2) is 0 Å². The van der Waals surface area contributed by atoms with Gasteiger partial charge in [-0.05, 0) is 42.7 Å². The molecule has 2 aliphatic heterocycles. The number of hydrogen-bond donors (Lipinski definition) is 2. The Kier molecular flexibility index (Phi) is 5.49. The molecule has 2 aromatic rings. The second kappa shape index (κ2) is 8.11. The Morgan fingerprint density at radius 2 is 2.03 bits per heavy atom. The summed E-state index contributed by atoms with van der Waals surface area (Å²) < 4.78 is 14.0. The number of aryl methyl sites for hydroxylation is 1. The lowest BCUT2D eigenvalue weighted by molar-refractivity contribution is -0.136. The first kappa shape index (κ1) is 21.0. The van der Waals surface area contributed by atoms with Gasteiger partial charge in [0.1, 0.15) is 11.9 Å². The van der Waals surface area contributed by atoms with E-state index >= 15 is 0 Å². The number of benzene rings is 2. The summed E-state index contributed by atoms with van der Waals surface area (Å²) in [4.78, 5) is 50.1. The zero-order chi connectivity index (χ0) is 22.3. The molecular formula is C22H19ClFN3O4. The van der Waals surface area contributed by atoms with Crippen LogP contribution in [0.1, 0.15) is 50.2 Å². The fourth-order valence-electron chi connectivity index (χ4n) is 3.86. The summed E-state index contributed by atoms with van der Waals surface area (Å²) in [6.07, 6.45) is 0.421.